The zero-order valence-corrected chi connectivity index (χ0v) is 19.3. The van der Waals surface area contributed by atoms with Gasteiger partial charge in [-0.2, -0.15) is 0 Å². The molecule has 0 saturated heterocycles. The normalized spacial score (nSPS) is 10.8. The molecule has 0 atom stereocenters. The molecule has 0 radical (unpaired) electrons. The molecule has 1 aromatic heterocycles. The number of nitrogens with zero attached hydrogens (tertiary/aromatic N) is 1. The molecule has 1 heterocycles. The van der Waals surface area contributed by atoms with Gasteiger partial charge in [0.05, 0.1) is 18.0 Å². The van der Waals surface area contributed by atoms with Crippen LogP contribution in [0.3, 0.4) is 0 Å². The molecule has 0 aliphatic rings. The first-order valence-electron chi connectivity index (χ1n) is 11.4. The highest BCUT2D eigenvalue weighted by Crippen LogP contribution is 2.36. The lowest BCUT2D eigenvalue weighted by molar-refractivity contribution is -0.136. The standard InChI is InChI=1S/C30H26N2O2.H2O/c33-28(34)20-26-25-18-10-11-19-27(25)32(21-22-12-4-1-5-13-22)30(26)31-29(23-14-6-2-7-15-23)24-16-8-3-9-17-24;/h1-19,29,31H,20-21H2,(H,33,34);1H2. The Kier molecular flexibility index (Phi) is 7.29. The van der Waals surface area contributed by atoms with E-state index in [1.165, 1.54) is 0 Å². The van der Waals surface area contributed by atoms with Crippen LogP contribution >= 0.6 is 0 Å². The molecular weight excluding hydrogens is 436 g/mol. The fourth-order valence-corrected chi connectivity index (χ4v) is 4.59. The largest absolute Gasteiger partial charge is 0.481 e. The fourth-order valence-electron chi connectivity index (χ4n) is 4.59. The van der Waals surface area contributed by atoms with Crippen LogP contribution in [-0.2, 0) is 17.8 Å². The first kappa shape index (κ1) is 23.8. The molecule has 0 fully saturated rings. The second-order valence-corrected chi connectivity index (χ2v) is 8.39. The minimum absolute atomic E-state index is 0. The number of aromatic nitrogens is 1. The molecule has 176 valence electrons. The Bertz CT molecular complexity index is 1360. The first-order chi connectivity index (χ1) is 16.7. The molecule has 0 aliphatic carbocycles. The summed E-state index contributed by atoms with van der Waals surface area (Å²) >= 11 is 0. The van der Waals surface area contributed by atoms with Crippen molar-refractivity contribution in [1.82, 2.24) is 4.57 Å². The maximum atomic E-state index is 11.9. The zero-order chi connectivity index (χ0) is 23.3. The third-order valence-electron chi connectivity index (χ3n) is 6.13. The predicted molar refractivity (Wildman–Crippen MR) is 141 cm³/mol. The third-order valence-corrected chi connectivity index (χ3v) is 6.13. The maximum absolute atomic E-state index is 11.9. The highest BCUT2D eigenvalue weighted by Gasteiger charge is 2.23. The van der Waals surface area contributed by atoms with E-state index in [1.54, 1.807) is 0 Å². The molecule has 5 heteroatoms. The monoisotopic (exact) mass is 464 g/mol. The van der Waals surface area contributed by atoms with Gasteiger partial charge >= 0.3 is 5.97 Å². The van der Waals surface area contributed by atoms with Crippen LogP contribution in [0.25, 0.3) is 10.9 Å². The Balaban J connectivity index is 0.00000289. The fraction of sp³-hybridized carbons (Fsp3) is 0.100. The van der Waals surface area contributed by atoms with Gasteiger partial charge in [-0.15, -0.1) is 0 Å². The van der Waals surface area contributed by atoms with Gasteiger partial charge < -0.3 is 20.5 Å². The minimum atomic E-state index is -0.846. The summed E-state index contributed by atoms with van der Waals surface area (Å²) in [6, 6.07) is 38.7. The molecule has 4 aromatic carbocycles. The average molecular weight is 465 g/mol. The summed E-state index contributed by atoms with van der Waals surface area (Å²) in [5.74, 6) is -0.00760. The third kappa shape index (κ3) is 5.10. The summed E-state index contributed by atoms with van der Waals surface area (Å²) in [5, 5.41) is 14.5. The van der Waals surface area contributed by atoms with Crippen molar-refractivity contribution in [2.45, 2.75) is 19.0 Å². The first-order valence-corrected chi connectivity index (χ1v) is 11.4. The lowest BCUT2D eigenvalue weighted by Gasteiger charge is -2.24. The van der Waals surface area contributed by atoms with E-state index < -0.39 is 5.97 Å². The number of anilines is 1. The van der Waals surface area contributed by atoms with Crippen LogP contribution in [0.1, 0.15) is 28.3 Å². The number of nitrogens with one attached hydrogen (secondary N) is 1. The van der Waals surface area contributed by atoms with Gasteiger partial charge in [-0.05, 0) is 22.8 Å². The van der Waals surface area contributed by atoms with E-state index in [0.29, 0.717) is 6.54 Å². The van der Waals surface area contributed by atoms with Crippen molar-refractivity contribution in [3.8, 4) is 0 Å². The summed E-state index contributed by atoms with van der Waals surface area (Å²) in [5.41, 5.74) is 5.21. The van der Waals surface area contributed by atoms with Crippen LogP contribution in [0, 0.1) is 0 Å². The lowest BCUT2D eigenvalue weighted by atomic mass is 9.98. The highest BCUT2D eigenvalue weighted by atomic mass is 16.4. The number of benzene rings is 4. The molecule has 0 amide bonds. The topological polar surface area (TPSA) is 85.8 Å². The van der Waals surface area contributed by atoms with Gasteiger partial charge in [0.1, 0.15) is 5.82 Å². The molecule has 0 spiro atoms. The summed E-state index contributed by atoms with van der Waals surface area (Å²) in [4.78, 5) is 11.9. The Labute approximate surface area is 204 Å². The number of carboxylic acids is 1. The van der Waals surface area contributed by atoms with Crippen molar-refractivity contribution in [2.75, 3.05) is 5.32 Å². The zero-order valence-electron chi connectivity index (χ0n) is 19.3. The quantitative estimate of drug-likeness (QED) is 0.309. The van der Waals surface area contributed by atoms with E-state index in [1.807, 2.05) is 72.8 Å². The lowest BCUT2D eigenvalue weighted by Crippen LogP contribution is -2.17. The molecular formula is C30H28N2O3. The van der Waals surface area contributed by atoms with Gasteiger partial charge in [0.25, 0.3) is 0 Å². The number of fused-ring (bicyclic) bond motifs is 1. The van der Waals surface area contributed by atoms with Crippen LogP contribution in [0.2, 0.25) is 0 Å². The summed E-state index contributed by atoms with van der Waals surface area (Å²) in [6.07, 6.45) is -0.0546. The molecule has 0 unspecified atom stereocenters. The molecule has 0 saturated carbocycles. The van der Waals surface area contributed by atoms with Gasteiger partial charge in [-0.1, -0.05) is 109 Å². The Hall–Kier alpha value is -4.35. The van der Waals surface area contributed by atoms with Crippen LogP contribution in [0.5, 0.6) is 0 Å². The summed E-state index contributed by atoms with van der Waals surface area (Å²) in [6.45, 7) is 0.638. The van der Waals surface area contributed by atoms with Crippen molar-refractivity contribution in [3.63, 3.8) is 0 Å². The molecule has 5 nitrogen and oxygen atoms in total. The van der Waals surface area contributed by atoms with Gasteiger partial charge in [0.15, 0.2) is 0 Å². The number of aliphatic carboxylic acids is 1. The Morgan fingerprint density at radius 1 is 0.743 bits per heavy atom. The van der Waals surface area contributed by atoms with Crippen molar-refractivity contribution < 1.29 is 15.4 Å². The smallest absolute Gasteiger partial charge is 0.307 e. The number of para-hydroxylation sites is 1. The SMILES string of the molecule is O.O=C(O)Cc1c(NC(c2ccccc2)c2ccccc2)n(Cc2ccccc2)c2ccccc12. The molecule has 5 aromatic rings. The van der Waals surface area contributed by atoms with Gasteiger partial charge in [-0.25, -0.2) is 0 Å². The predicted octanol–water partition coefficient (Wildman–Crippen LogP) is 5.69. The highest BCUT2D eigenvalue weighted by molar-refractivity contribution is 5.93. The van der Waals surface area contributed by atoms with E-state index in [-0.39, 0.29) is 17.9 Å². The van der Waals surface area contributed by atoms with Crippen LogP contribution < -0.4 is 5.32 Å². The molecule has 5 rings (SSSR count). The van der Waals surface area contributed by atoms with Gasteiger partial charge in [-0.3, -0.25) is 4.79 Å². The summed E-state index contributed by atoms with van der Waals surface area (Å²) in [7, 11) is 0. The van der Waals surface area contributed by atoms with Crippen LogP contribution in [0.4, 0.5) is 5.82 Å². The Morgan fingerprint density at radius 3 is 1.83 bits per heavy atom. The average Bonchev–Trinajstić information content (AvgIpc) is 3.16. The van der Waals surface area contributed by atoms with E-state index in [2.05, 4.69) is 52.3 Å². The van der Waals surface area contributed by atoms with Gasteiger partial charge in [0.2, 0.25) is 0 Å². The second kappa shape index (κ2) is 10.7. The molecule has 0 aliphatic heterocycles. The van der Waals surface area contributed by atoms with Crippen molar-refractivity contribution in [1.29, 1.82) is 0 Å². The minimum Gasteiger partial charge on any atom is -0.481 e. The van der Waals surface area contributed by atoms with Gasteiger partial charge in [0, 0.05) is 17.5 Å². The van der Waals surface area contributed by atoms with Crippen LogP contribution in [0.15, 0.2) is 115 Å². The number of rotatable bonds is 8. The van der Waals surface area contributed by atoms with Crippen LogP contribution in [-0.4, -0.2) is 21.1 Å². The second-order valence-electron chi connectivity index (χ2n) is 8.39. The molecule has 4 N–H and O–H groups in total. The number of hydrogen-bond acceptors (Lipinski definition) is 2. The summed E-state index contributed by atoms with van der Waals surface area (Å²) < 4.78 is 2.21. The van der Waals surface area contributed by atoms with E-state index >= 15 is 0 Å². The van der Waals surface area contributed by atoms with Crippen molar-refractivity contribution >= 4 is 22.7 Å². The number of carbonyl (C=O) groups is 1. The van der Waals surface area contributed by atoms with E-state index in [4.69, 9.17) is 0 Å². The Morgan fingerprint density at radius 2 is 1.26 bits per heavy atom. The number of hydrogen-bond donors (Lipinski definition) is 2. The van der Waals surface area contributed by atoms with Crippen molar-refractivity contribution in [2.24, 2.45) is 0 Å². The van der Waals surface area contributed by atoms with Crippen molar-refractivity contribution in [3.05, 3.63) is 138 Å². The number of carboxylic acid groups (broad SMARTS) is 1. The van der Waals surface area contributed by atoms with E-state index in [0.717, 1.165) is 39.0 Å². The van der Waals surface area contributed by atoms with E-state index in [9.17, 15) is 9.90 Å². The maximum Gasteiger partial charge on any atom is 0.307 e. The molecule has 0 bridgehead atoms. The molecule has 35 heavy (non-hydrogen) atoms.